The first-order chi connectivity index (χ1) is 7.20. The van der Waals surface area contributed by atoms with Crippen molar-refractivity contribution in [3.8, 4) is 0 Å². The largest absolute Gasteiger partial charge is 0.417 e. The molecule has 0 aliphatic rings. The summed E-state index contributed by atoms with van der Waals surface area (Å²) in [5.74, 6) is 0. The second kappa shape index (κ2) is 6.74. The van der Waals surface area contributed by atoms with Gasteiger partial charge in [-0.05, 0) is 37.4 Å². The van der Waals surface area contributed by atoms with Crippen LogP contribution < -0.4 is 0 Å². The van der Waals surface area contributed by atoms with Gasteiger partial charge < -0.3 is 14.6 Å². The predicted molar refractivity (Wildman–Crippen MR) is 70.1 cm³/mol. The van der Waals surface area contributed by atoms with Gasteiger partial charge in [0, 0.05) is 13.2 Å². The van der Waals surface area contributed by atoms with E-state index in [1.54, 1.807) is 0 Å². The molecule has 2 N–H and O–H groups in total. The van der Waals surface area contributed by atoms with Crippen LogP contribution in [0.5, 0.6) is 0 Å². The van der Waals surface area contributed by atoms with E-state index < -0.39 is 8.32 Å². The highest BCUT2D eigenvalue weighted by molar-refractivity contribution is 6.74. The number of aliphatic hydroxyl groups excluding tert-OH is 2. The van der Waals surface area contributed by atoms with Crippen molar-refractivity contribution in [2.24, 2.45) is 0 Å². The van der Waals surface area contributed by atoms with Crippen LogP contribution in [0, 0.1) is 0 Å². The fourth-order valence-corrected chi connectivity index (χ4v) is 2.24. The third kappa shape index (κ3) is 5.99. The third-order valence-electron chi connectivity index (χ3n) is 3.41. The Morgan fingerprint density at radius 2 is 1.75 bits per heavy atom. The van der Waals surface area contributed by atoms with Crippen LogP contribution in [0.3, 0.4) is 0 Å². The first-order valence-corrected chi connectivity index (χ1v) is 9.04. The molecule has 4 heteroatoms. The maximum atomic E-state index is 9.43. The summed E-state index contributed by atoms with van der Waals surface area (Å²) in [5.41, 5.74) is 0. The summed E-state index contributed by atoms with van der Waals surface area (Å²) < 4.78 is 5.99. The molecule has 0 rings (SSSR count). The zero-order valence-electron chi connectivity index (χ0n) is 11.4. The Bertz CT molecular complexity index is 187. The Morgan fingerprint density at radius 1 is 1.19 bits per heavy atom. The molecule has 0 aromatic heterocycles. The minimum atomic E-state index is -1.63. The molecule has 16 heavy (non-hydrogen) atoms. The molecule has 0 saturated heterocycles. The van der Waals surface area contributed by atoms with Gasteiger partial charge in [0.1, 0.15) is 0 Å². The molecule has 0 fully saturated rings. The molecule has 3 nitrogen and oxygen atoms in total. The van der Waals surface area contributed by atoms with E-state index >= 15 is 0 Å². The Hall–Kier alpha value is 0.0969. The van der Waals surface area contributed by atoms with Crippen LogP contribution in [0.15, 0.2) is 0 Å². The van der Waals surface area contributed by atoms with E-state index in [1.165, 1.54) is 0 Å². The van der Waals surface area contributed by atoms with Crippen molar-refractivity contribution in [3.63, 3.8) is 0 Å². The van der Waals surface area contributed by atoms with Crippen molar-refractivity contribution in [1.29, 1.82) is 0 Å². The van der Waals surface area contributed by atoms with Gasteiger partial charge in [-0.3, -0.25) is 0 Å². The first kappa shape index (κ1) is 16.1. The second-order valence-electron chi connectivity index (χ2n) is 5.92. The summed E-state index contributed by atoms with van der Waals surface area (Å²) in [7, 11) is -1.63. The van der Waals surface area contributed by atoms with Crippen LogP contribution in [0.25, 0.3) is 0 Å². The summed E-state index contributed by atoms with van der Waals surface area (Å²) in [5, 5.41) is 18.3. The van der Waals surface area contributed by atoms with Crippen LogP contribution >= 0.6 is 0 Å². The summed E-state index contributed by atoms with van der Waals surface area (Å²) in [6, 6.07) is 0. The highest BCUT2D eigenvalue weighted by Gasteiger charge is 2.36. The standard InChI is InChI=1S/C12H28O3Si/c1-12(2,3)16(4,5)15-10-6-7-11(14)8-9-13/h11,13-14H,6-10H2,1-5H3. The maximum absolute atomic E-state index is 9.43. The lowest BCUT2D eigenvalue weighted by atomic mass is 10.1. The van der Waals surface area contributed by atoms with Gasteiger partial charge in [-0.25, -0.2) is 0 Å². The maximum Gasteiger partial charge on any atom is 0.191 e. The average molecular weight is 248 g/mol. The molecule has 0 bridgehead atoms. The lowest BCUT2D eigenvalue weighted by Gasteiger charge is -2.36. The van der Waals surface area contributed by atoms with Gasteiger partial charge in [0.2, 0.25) is 0 Å². The van der Waals surface area contributed by atoms with Gasteiger partial charge in [-0.1, -0.05) is 20.8 Å². The summed E-state index contributed by atoms with van der Waals surface area (Å²) in [6.07, 6.45) is 1.68. The van der Waals surface area contributed by atoms with Crippen molar-refractivity contribution in [2.75, 3.05) is 13.2 Å². The molecule has 0 radical (unpaired) electrons. The van der Waals surface area contributed by atoms with Crippen molar-refractivity contribution >= 4 is 8.32 Å². The van der Waals surface area contributed by atoms with Crippen LogP contribution in [-0.4, -0.2) is 37.8 Å². The van der Waals surface area contributed by atoms with E-state index in [0.29, 0.717) is 6.42 Å². The normalized spacial score (nSPS) is 15.2. The van der Waals surface area contributed by atoms with E-state index in [2.05, 4.69) is 33.9 Å². The molecule has 0 aliphatic heterocycles. The monoisotopic (exact) mass is 248 g/mol. The van der Waals surface area contributed by atoms with Gasteiger partial charge in [-0.15, -0.1) is 0 Å². The van der Waals surface area contributed by atoms with Gasteiger partial charge in [0.25, 0.3) is 0 Å². The molecule has 0 heterocycles. The van der Waals surface area contributed by atoms with Crippen molar-refractivity contribution in [3.05, 3.63) is 0 Å². The summed E-state index contributed by atoms with van der Waals surface area (Å²) >= 11 is 0. The molecule has 0 saturated carbocycles. The Kier molecular flexibility index (Phi) is 6.78. The third-order valence-corrected chi connectivity index (χ3v) is 7.95. The average Bonchev–Trinajstić information content (AvgIpc) is 2.11. The van der Waals surface area contributed by atoms with Crippen LogP contribution in [-0.2, 0) is 4.43 Å². The minimum absolute atomic E-state index is 0.0598. The fourth-order valence-electron chi connectivity index (χ4n) is 1.16. The first-order valence-electron chi connectivity index (χ1n) is 6.13. The van der Waals surface area contributed by atoms with Crippen LogP contribution in [0.1, 0.15) is 40.0 Å². The summed E-state index contributed by atoms with van der Waals surface area (Å²) in [4.78, 5) is 0. The Labute approximate surface area is 101 Å². The molecular formula is C12H28O3Si. The zero-order valence-corrected chi connectivity index (χ0v) is 12.4. The molecule has 1 atom stereocenters. The minimum Gasteiger partial charge on any atom is -0.417 e. The number of aliphatic hydroxyl groups is 2. The molecule has 0 aromatic rings. The van der Waals surface area contributed by atoms with Crippen molar-refractivity contribution in [1.82, 2.24) is 0 Å². The molecular weight excluding hydrogens is 220 g/mol. The second-order valence-corrected chi connectivity index (χ2v) is 10.7. The lowest BCUT2D eigenvalue weighted by Crippen LogP contribution is -2.41. The van der Waals surface area contributed by atoms with Crippen LogP contribution in [0.2, 0.25) is 18.1 Å². The van der Waals surface area contributed by atoms with E-state index in [-0.39, 0.29) is 17.7 Å². The Balaban J connectivity index is 3.74. The molecule has 0 amide bonds. The number of hydrogen-bond donors (Lipinski definition) is 2. The van der Waals surface area contributed by atoms with E-state index in [0.717, 1.165) is 19.4 Å². The highest BCUT2D eigenvalue weighted by atomic mass is 28.4. The smallest absolute Gasteiger partial charge is 0.191 e. The topological polar surface area (TPSA) is 49.7 Å². The predicted octanol–water partition coefficient (Wildman–Crippen LogP) is 2.53. The molecule has 0 spiro atoms. The Morgan fingerprint density at radius 3 is 2.19 bits per heavy atom. The quantitative estimate of drug-likeness (QED) is 0.538. The fraction of sp³-hybridized carbons (Fsp3) is 1.00. The number of rotatable bonds is 7. The van der Waals surface area contributed by atoms with Gasteiger partial charge in [0.15, 0.2) is 8.32 Å². The van der Waals surface area contributed by atoms with Gasteiger partial charge >= 0.3 is 0 Å². The van der Waals surface area contributed by atoms with Crippen molar-refractivity contribution < 1.29 is 14.6 Å². The highest BCUT2D eigenvalue weighted by Crippen LogP contribution is 2.36. The molecule has 0 aromatic carbocycles. The number of hydrogen-bond acceptors (Lipinski definition) is 3. The van der Waals surface area contributed by atoms with Gasteiger partial charge in [-0.2, -0.15) is 0 Å². The SMILES string of the molecule is CC(C)(C)[Si](C)(C)OCCCC(O)CCO. The molecule has 98 valence electrons. The zero-order chi connectivity index (χ0) is 12.8. The summed E-state index contributed by atoms with van der Waals surface area (Å²) in [6.45, 7) is 11.9. The van der Waals surface area contributed by atoms with E-state index in [1.807, 2.05) is 0 Å². The van der Waals surface area contributed by atoms with E-state index in [4.69, 9.17) is 9.53 Å². The van der Waals surface area contributed by atoms with Crippen LogP contribution in [0.4, 0.5) is 0 Å². The van der Waals surface area contributed by atoms with E-state index in [9.17, 15) is 5.11 Å². The molecule has 0 aliphatic carbocycles. The lowest BCUT2D eigenvalue weighted by molar-refractivity contribution is 0.116. The van der Waals surface area contributed by atoms with Gasteiger partial charge in [0.05, 0.1) is 6.10 Å². The molecule has 1 unspecified atom stereocenters. The van der Waals surface area contributed by atoms with Crippen molar-refractivity contribution in [2.45, 2.75) is 64.3 Å².